The maximum absolute atomic E-state index is 12.6. The van der Waals surface area contributed by atoms with Gasteiger partial charge in [-0.1, -0.05) is 0 Å². The van der Waals surface area contributed by atoms with Crippen molar-refractivity contribution in [2.45, 2.75) is 25.7 Å². The molecule has 2 N–H and O–H groups in total. The molecular weight excluding hydrogens is 346 g/mol. The maximum Gasteiger partial charge on any atom is 0.227 e. The predicted molar refractivity (Wildman–Crippen MR) is 105 cm³/mol. The Hall–Kier alpha value is -2.28. The smallest absolute Gasteiger partial charge is 0.227 e. The highest BCUT2D eigenvalue weighted by Crippen LogP contribution is 2.32. The molecule has 0 spiro atoms. The Morgan fingerprint density at radius 1 is 1.00 bits per heavy atom. The highest BCUT2D eigenvalue weighted by Gasteiger charge is 2.29. The number of hydrogen-bond donors (Lipinski definition) is 2. The van der Waals surface area contributed by atoms with Crippen LogP contribution in [0.3, 0.4) is 0 Å². The van der Waals surface area contributed by atoms with Crippen LogP contribution in [-0.2, 0) is 9.59 Å². The fourth-order valence-electron chi connectivity index (χ4n) is 3.32. The number of carbonyl (C=O) groups is 2. The fourth-order valence-corrected chi connectivity index (χ4v) is 3.32. The number of rotatable bonds is 8. The average molecular weight is 377 g/mol. The molecule has 2 amide bonds. The Balaban J connectivity index is 1.82. The summed E-state index contributed by atoms with van der Waals surface area (Å²) in [5, 5.41) is 5.93. The minimum atomic E-state index is -0.0658. The van der Waals surface area contributed by atoms with Crippen LogP contribution in [0.2, 0.25) is 0 Å². The van der Waals surface area contributed by atoms with E-state index < -0.39 is 0 Å². The number of carbonyl (C=O) groups excluding carboxylic acids is 2. The van der Waals surface area contributed by atoms with Gasteiger partial charge in [0.25, 0.3) is 0 Å². The van der Waals surface area contributed by atoms with Crippen LogP contribution in [0.1, 0.15) is 25.7 Å². The van der Waals surface area contributed by atoms with Gasteiger partial charge < -0.3 is 25.0 Å². The number of nitrogens with one attached hydrogen (secondary N) is 2. The molecule has 1 saturated carbocycles. The first-order valence-electron chi connectivity index (χ1n) is 9.40. The van der Waals surface area contributed by atoms with E-state index in [-0.39, 0.29) is 23.7 Å². The van der Waals surface area contributed by atoms with Gasteiger partial charge in [-0.25, -0.2) is 0 Å². The van der Waals surface area contributed by atoms with Crippen LogP contribution in [0.5, 0.6) is 11.5 Å². The van der Waals surface area contributed by atoms with Crippen molar-refractivity contribution in [3.63, 3.8) is 0 Å². The summed E-state index contributed by atoms with van der Waals surface area (Å²) < 4.78 is 10.5. The zero-order chi connectivity index (χ0) is 19.8. The van der Waals surface area contributed by atoms with Crippen molar-refractivity contribution in [1.82, 2.24) is 10.2 Å². The van der Waals surface area contributed by atoms with Crippen LogP contribution < -0.4 is 20.1 Å². The van der Waals surface area contributed by atoms with Gasteiger partial charge in [0.15, 0.2) is 11.5 Å². The van der Waals surface area contributed by atoms with E-state index in [9.17, 15) is 9.59 Å². The third-order valence-electron chi connectivity index (χ3n) is 4.98. The maximum atomic E-state index is 12.6. The van der Waals surface area contributed by atoms with Crippen LogP contribution in [0, 0.1) is 11.8 Å². The van der Waals surface area contributed by atoms with Gasteiger partial charge in [-0.15, -0.1) is 0 Å². The molecule has 1 aliphatic rings. The molecule has 1 fully saturated rings. The summed E-state index contributed by atoms with van der Waals surface area (Å²) in [6.45, 7) is 1.49. The minimum absolute atomic E-state index is 0.00585. The van der Waals surface area contributed by atoms with Gasteiger partial charge in [0.2, 0.25) is 11.8 Å². The molecule has 0 saturated heterocycles. The van der Waals surface area contributed by atoms with E-state index >= 15 is 0 Å². The van der Waals surface area contributed by atoms with Crippen molar-refractivity contribution in [1.29, 1.82) is 0 Å². The highest BCUT2D eigenvalue weighted by atomic mass is 16.5. The third-order valence-corrected chi connectivity index (χ3v) is 4.98. The van der Waals surface area contributed by atoms with Crippen LogP contribution >= 0.6 is 0 Å². The second kappa shape index (κ2) is 10.2. The molecule has 0 bridgehead atoms. The lowest BCUT2D eigenvalue weighted by Crippen LogP contribution is -2.38. The number of hydrogen-bond acceptors (Lipinski definition) is 5. The number of likely N-dealkylation sites (N-methyl/N-ethyl adjacent to an activating group) is 1. The van der Waals surface area contributed by atoms with E-state index in [1.54, 1.807) is 32.4 Å². The van der Waals surface area contributed by atoms with Gasteiger partial charge in [-0.05, 0) is 51.9 Å². The number of benzene rings is 1. The zero-order valence-electron chi connectivity index (χ0n) is 16.7. The van der Waals surface area contributed by atoms with Gasteiger partial charge in [-0.2, -0.15) is 0 Å². The van der Waals surface area contributed by atoms with Gasteiger partial charge in [0.1, 0.15) is 0 Å². The number of ether oxygens (including phenoxy) is 2. The molecule has 7 heteroatoms. The Bertz CT molecular complexity index is 640. The highest BCUT2D eigenvalue weighted by molar-refractivity contribution is 5.93. The number of anilines is 1. The number of amides is 2. The monoisotopic (exact) mass is 377 g/mol. The van der Waals surface area contributed by atoms with Crippen molar-refractivity contribution in [3.8, 4) is 11.5 Å². The molecule has 27 heavy (non-hydrogen) atoms. The zero-order valence-corrected chi connectivity index (χ0v) is 16.7. The molecule has 1 aromatic carbocycles. The van der Waals surface area contributed by atoms with E-state index in [0.29, 0.717) is 23.7 Å². The summed E-state index contributed by atoms with van der Waals surface area (Å²) in [5.41, 5.74) is 0.682. The molecule has 7 nitrogen and oxygen atoms in total. The Kier molecular flexibility index (Phi) is 7.91. The van der Waals surface area contributed by atoms with Crippen molar-refractivity contribution >= 4 is 17.5 Å². The lowest BCUT2D eigenvalue weighted by molar-refractivity contribution is -0.128. The minimum Gasteiger partial charge on any atom is -0.493 e. The van der Waals surface area contributed by atoms with Crippen LogP contribution in [0.25, 0.3) is 0 Å². The summed E-state index contributed by atoms with van der Waals surface area (Å²) in [4.78, 5) is 26.8. The van der Waals surface area contributed by atoms with Crippen LogP contribution in [0.15, 0.2) is 18.2 Å². The van der Waals surface area contributed by atoms with Crippen molar-refractivity contribution < 1.29 is 19.1 Å². The van der Waals surface area contributed by atoms with E-state index in [1.807, 2.05) is 19.0 Å². The fraction of sp³-hybridized carbons (Fsp3) is 0.600. The Labute approximate surface area is 161 Å². The number of nitrogens with zero attached hydrogens (tertiary/aromatic N) is 1. The normalized spacial score (nSPS) is 19.4. The van der Waals surface area contributed by atoms with E-state index in [2.05, 4.69) is 10.6 Å². The van der Waals surface area contributed by atoms with E-state index in [0.717, 1.165) is 32.2 Å². The molecule has 0 aromatic heterocycles. The SMILES string of the molecule is COc1ccc(NC(=O)C2CCC(C(=O)NCCN(C)C)CC2)cc1OC. The van der Waals surface area contributed by atoms with Crippen LogP contribution in [-0.4, -0.2) is 58.1 Å². The summed E-state index contributed by atoms with van der Waals surface area (Å²) in [6.07, 6.45) is 2.95. The number of methoxy groups -OCH3 is 2. The first-order chi connectivity index (χ1) is 12.9. The van der Waals surface area contributed by atoms with Gasteiger partial charge in [0.05, 0.1) is 14.2 Å². The Morgan fingerprint density at radius 2 is 1.59 bits per heavy atom. The summed E-state index contributed by atoms with van der Waals surface area (Å²) >= 11 is 0. The average Bonchev–Trinajstić information content (AvgIpc) is 2.67. The third kappa shape index (κ3) is 6.13. The molecule has 1 aromatic rings. The van der Waals surface area contributed by atoms with Crippen molar-refractivity contribution in [3.05, 3.63) is 18.2 Å². The molecule has 0 unspecified atom stereocenters. The van der Waals surface area contributed by atoms with Gasteiger partial charge >= 0.3 is 0 Å². The molecule has 150 valence electrons. The standard InChI is InChI=1S/C20H31N3O4/c1-23(2)12-11-21-19(24)14-5-7-15(8-6-14)20(25)22-16-9-10-17(26-3)18(13-16)27-4/h9-10,13-15H,5-8,11-12H2,1-4H3,(H,21,24)(H,22,25). The van der Waals surface area contributed by atoms with Crippen molar-refractivity contribution in [2.24, 2.45) is 11.8 Å². The molecule has 0 aliphatic heterocycles. The summed E-state index contributed by atoms with van der Waals surface area (Å²) in [6, 6.07) is 5.31. The summed E-state index contributed by atoms with van der Waals surface area (Å²) in [7, 11) is 7.10. The van der Waals surface area contributed by atoms with E-state index in [1.165, 1.54) is 0 Å². The first-order valence-corrected chi connectivity index (χ1v) is 9.40. The summed E-state index contributed by atoms with van der Waals surface area (Å²) in [5.74, 6) is 1.25. The largest absolute Gasteiger partial charge is 0.493 e. The van der Waals surface area contributed by atoms with Crippen LogP contribution in [0.4, 0.5) is 5.69 Å². The molecule has 1 aliphatic carbocycles. The Morgan fingerprint density at radius 3 is 2.15 bits per heavy atom. The molecule has 0 atom stereocenters. The molecule has 0 radical (unpaired) electrons. The van der Waals surface area contributed by atoms with Gasteiger partial charge in [0, 0.05) is 36.7 Å². The van der Waals surface area contributed by atoms with Gasteiger partial charge in [-0.3, -0.25) is 9.59 Å². The molecular formula is C20H31N3O4. The van der Waals surface area contributed by atoms with Crippen molar-refractivity contribution in [2.75, 3.05) is 46.7 Å². The second-order valence-corrected chi connectivity index (χ2v) is 7.20. The lowest BCUT2D eigenvalue weighted by Gasteiger charge is -2.27. The predicted octanol–water partition coefficient (Wildman–Crippen LogP) is 2.13. The lowest BCUT2D eigenvalue weighted by atomic mass is 9.81. The molecule has 0 heterocycles. The topological polar surface area (TPSA) is 79.9 Å². The molecule has 2 rings (SSSR count). The quantitative estimate of drug-likeness (QED) is 0.725. The van der Waals surface area contributed by atoms with E-state index in [4.69, 9.17) is 9.47 Å². The first kappa shape index (κ1) is 21.0. The second-order valence-electron chi connectivity index (χ2n) is 7.20.